The molecule has 1 aromatic heterocycles. The zero-order chi connectivity index (χ0) is 23.8. The van der Waals surface area contributed by atoms with Crippen LogP contribution in [0.5, 0.6) is 0 Å². The molecule has 33 heavy (non-hydrogen) atoms. The summed E-state index contributed by atoms with van der Waals surface area (Å²) in [5, 5.41) is 2.94. The number of benzene rings is 1. The van der Waals surface area contributed by atoms with Crippen LogP contribution in [0, 0.1) is 17.0 Å². The van der Waals surface area contributed by atoms with Crippen molar-refractivity contribution in [1.29, 1.82) is 0 Å². The molecule has 0 unspecified atom stereocenters. The van der Waals surface area contributed by atoms with E-state index in [-0.39, 0.29) is 45.7 Å². The molecule has 176 valence electrons. The summed E-state index contributed by atoms with van der Waals surface area (Å²) in [6.07, 6.45) is 5.18. The fraction of sp³-hybridized carbons (Fsp3) is 0.478. The number of amides is 2. The van der Waals surface area contributed by atoms with E-state index < -0.39 is 17.0 Å². The first-order valence-corrected chi connectivity index (χ1v) is 11.5. The molecule has 0 bridgehead atoms. The summed E-state index contributed by atoms with van der Waals surface area (Å²) in [5.74, 6) is -2.83. The lowest BCUT2D eigenvalue weighted by Crippen LogP contribution is -2.44. The van der Waals surface area contributed by atoms with Gasteiger partial charge >= 0.3 is 0 Å². The second-order valence-corrected chi connectivity index (χ2v) is 9.16. The summed E-state index contributed by atoms with van der Waals surface area (Å²) in [6.45, 7) is 2.26. The van der Waals surface area contributed by atoms with Gasteiger partial charge in [-0.05, 0) is 44.6 Å². The Bertz CT molecular complexity index is 1100. The molecule has 0 radical (unpaired) electrons. The highest BCUT2D eigenvalue weighted by Gasteiger charge is 2.49. The van der Waals surface area contributed by atoms with E-state index in [2.05, 4.69) is 15.3 Å². The van der Waals surface area contributed by atoms with Crippen molar-refractivity contribution in [1.82, 2.24) is 15.3 Å². The maximum absolute atomic E-state index is 13.7. The molecular formula is C23H25ClF2N4O3. The van der Waals surface area contributed by atoms with Crippen LogP contribution in [-0.4, -0.2) is 40.2 Å². The molecule has 10 heteroatoms. The lowest BCUT2D eigenvalue weighted by molar-refractivity contribution is -0.127. The van der Waals surface area contributed by atoms with E-state index in [1.54, 1.807) is 0 Å². The number of Topliss-reactive ketones (excluding diaryl/α,β-unsaturated/α-hetero) is 1. The average molecular weight is 479 g/mol. The van der Waals surface area contributed by atoms with Gasteiger partial charge in [0, 0.05) is 25.1 Å². The molecule has 7 nitrogen and oxygen atoms in total. The Morgan fingerprint density at radius 2 is 1.94 bits per heavy atom. The van der Waals surface area contributed by atoms with E-state index in [9.17, 15) is 23.2 Å². The Hall–Kier alpha value is -2.81. The third-order valence-electron chi connectivity index (χ3n) is 6.68. The molecule has 2 N–H and O–H groups in total. The summed E-state index contributed by atoms with van der Waals surface area (Å²) in [6, 6.07) is 1.70. The molecule has 1 aliphatic carbocycles. The van der Waals surface area contributed by atoms with Crippen LogP contribution in [0.25, 0.3) is 0 Å². The van der Waals surface area contributed by atoms with E-state index in [0.717, 1.165) is 12.1 Å². The fourth-order valence-electron chi connectivity index (χ4n) is 4.83. The molecule has 1 saturated heterocycles. The Morgan fingerprint density at radius 3 is 2.64 bits per heavy atom. The van der Waals surface area contributed by atoms with Crippen LogP contribution in [-0.2, 0) is 4.79 Å². The highest BCUT2D eigenvalue weighted by Crippen LogP contribution is 2.47. The smallest absolute Gasteiger partial charge is 0.270 e. The minimum Gasteiger partial charge on any atom is -0.348 e. The summed E-state index contributed by atoms with van der Waals surface area (Å²) < 4.78 is 27.2. The molecule has 2 heterocycles. The number of halogens is 3. The average Bonchev–Trinajstić information content (AvgIpc) is 3.39. The largest absolute Gasteiger partial charge is 0.348 e. The maximum atomic E-state index is 13.7. The van der Waals surface area contributed by atoms with Gasteiger partial charge in [0.15, 0.2) is 17.4 Å². The zero-order valence-electron chi connectivity index (χ0n) is 18.2. The molecule has 2 amide bonds. The summed E-state index contributed by atoms with van der Waals surface area (Å²) in [4.78, 5) is 46.3. The van der Waals surface area contributed by atoms with Gasteiger partial charge in [0.2, 0.25) is 5.91 Å². The molecule has 1 aromatic carbocycles. The van der Waals surface area contributed by atoms with E-state index in [0.29, 0.717) is 51.5 Å². The minimum atomic E-state index is -1.06. The van der Waals surface area contributed by atoms with Crippen LogP contribution >= 0.6 is 11.6 Å². The minimum absolute atomic E-state index is 0.00627. The summed E-state index contributed by atoms with van der Waals surface area (Å²) >= 11 is 6.08. The monoisotopic (exact) mass is 478 g/mol. The topological polar surface area (TPSA) is 95.2 Å². The first-order valence-electron chi connectivity index (χ1n) is 11.1. The van der Waals surface area contributed by atoms with Crippen molar-refractivity contribution < 1.29 is 23.2 Å². The van der Waals surface area contributed by atoms with Crippen LogP contribution in [0.1, 0.15) is 72.8 Å². The number of carbonyl (C=O) groups excluding carboxylic acids is 3. The Balaban J connectivity index is 1.40. The number of H-pyrrole nitrogens is 1. The molecular weight excluding hydrogens is 454 g/mol. The predicted molar refractivity (Wildman–Crippen MR) is 118 cm³/mol. The number of ketones is 1. The number of aromatic nitrogens is 2. The van der Waals surface area contributed by atoms with E-state index >= 15 is 0 Å². The van der Waals surface area contributed by atoms with Gasteiger partial charge in [-0.1, -0.05) is 18.5 Å². The van der Waals surface area contributed by atoms with Crippen molar-refractivity contribution in [3.8, 4) is 0 Å². The normalized spacial score (nSPS) is 22.7. The number of hydrogen-bond donors (Lipinski definition) is 2. The third kappa shape index (κ3) is 4.38. The molecule has 2 aliphatic rings. The van der Waals surface area contributed by atoms with Crippen molar-refractivity contribution in [2.45, 2.75) is 57.9 Å². The number of nitrogens with one attached hydrogen (secondary N) is 2. The molecule has 2 fully saturated rings. The number of hydrogen-bond acceptors (Lipinski definition) is 4. The summed E-state index contributed by atoms with van der Waals surface area (Å²) in [5.41, 5.74) is -0.126. The van der Waals surface area contributed by atoms with E-state index in [1.807, 2.05) is 6.92 Å². The first-order chi connectivity index (χ1) is 15.8. The van der Waals surface area contributed by atoms with E-state index in [1.165, 1.54) is 11.2 Å². The quantitative estimate of drug-likeness (QED) is 0.474. The first kappa shape index (κ1) is 23.4. The second-order valence-electron chi connectivity index (χ2n) is 8.75. The van der Waals surface area contributed by atoms with Gasteiger partial charge in [-0.2, -0.15) is 0 Å². The highest BCUT2D eigenvalue weighted by molar-refractivity contribution is 6.34. The third-order valence-corrected chi connectivity index (χ3v) is 6.98. The van der Waals surface area contributed by atoms with Gasteiger partial charge in [-0.15, -0.1) is 0 Å². The van der Waals surface area contributed by atoms with Crippen LogP contribution in [0.2, 0.25) is 5.02 Å². The van der Waals surface area contributed by atoms with Gasteiger partial charge in [0.25, 0.3) is 5.91 Å². The molecule has 1 saturated carbocycles. The van der Waals surface area contributed by atoms with Crippen LogP contribution in [0.4, 0.5) is 14.5 Å². The number of rotatable bonds is 6. The van der Waals surface area contributed by atoms with Crippen molar-refractivity contribution in [3.63, 3.8) is 0 Å². The number of nitrogens with zero attached hydrogens (tertiary/aromatic N) is 2. The molecule has 4 rings (SSSR count). The van der Waals surface area contributed by atoms with Crippen LogP contribution in [0.15, 0.2) is 18.5 Å². The lowest BCUT2D eigenvalue weighted by atomic mass is 9.71. The number of anilines is 1. The Kier molecular flexibility index (Phi) is 6.52. The lowest BCUT2D eigenvalue weighted by Gasteiger charge is -2.36. The van der Waals surface area contributed by atoms with E-state index in [4.69, 9.17) is 11.6 Å². The molecule has 0 atom stereocenters. The van der Waals surface area contributed by atoms with Gasteiger partial charge in [-0.25, -0.2) is 13.8 Å². The van der Waals surface area contributed by atoms with Crippen molar-refractivity contribution >= 4 is 34.9 Å². The maximum Gasteiger partial charge on any atom is 0.270 e. The van der Waals surface area contributed by atoms with Crippen molar-refractivity contribution in [2.24, 2.45) is 5.41 Å². The van der Waals surface area contributed by atoms with Gasteiger partial charge < -0.3 is 15.2 Å². The second kappa shape index (κ2) is 9.21. The van der Waals surface area contributed by atoms with Crippen molar-refractivity contribution in [3.05, 3.63) is 46.5 Å². The van der Waals surface area contributed by atoms with Crippen LogP contribution in [0.3, 0.4) is 0 Å². The zero-order valence-corrected chi connectivity index (χ0v) is 19.0. The molecule has 2 aromatic rings. The predicted octanol–water partition coefficient (Wildman–Crippen LogP) is 4.42. The highest BCUT2D eigenvalue weighted by atomic mass is 35.5. The number of imidazole rings is 1. The van der Waals surface area contributed by atoms with Crippen molar-refractivity contribution in [2.75, 3.05) is 11.4 Å². The molecule has 1 aliphatic heterocycles. The standard InChI is InChI=1S/C23H25ClF2N4O3/c1-2-3-18(31)19-20(28-12-27-19)21(32)29-13-4-6-23(7-5-13)8-9-30(22(23)33)17-11-16(26)15(25)10-14(17)24/h10-13H,2-9H2,1H3,(H,27,28)(H,29,32). The SMILES string of the molecule is CCCC(=O)c1nc[nH]c1C(=O)NC1CCC2(CC1)CCN(c1cc(F)c(F)cc1Cl)C2=O. The van der Waals surface area contributed by atoms with Gasteiger partial charge in [0.1, 0.15) is 11.4 Å². The number of carbonyl (C=O) groups is 3. The summed E-state index contributed by atoms with van der Waals surface area (Å²) in [7, 11) is 0. The fourth-order valence-corrected chi connectivity index (χ4v) is 5.08. The van der Waals surface area contributed by atoms with Crippen LogP contribution < -0.4 is 10.2 Å². The Morgan fingerprint density at radius 1 is 1.24 bits per heavy atom. The molecule has 1 spiro atoms. The Labute approximate surface area is 194 Å². The van der Waals surface area contributed by atoms with Gasteiger partial charge in [-0.3, -0.25) is 14.4 Å². The van der Waals surface area contributed by atoms with Gasteiger partial charge in [0.05, 0.1) is 22.5 Å². The number of aromatic amines is 1.